The van der Waals surface area contributed by atoms with Gasteiger partial charge in [0.05, 0.1) is 18.6 Å². The summed E-state index contributed by atoms with van der Waals surface area (Å²) in [4.78, 5) is 11.9. The van der Waals surface area contributed by atoms with Gasteiger partial charge in [-0.05, 0) is 31.2 Å². The molecule has 0 aliphatic rings. The van der Waals surface area contributed by atoms with Crippen LogP contribution in [0.2, 0.25) is 0 Å². The predicted molar refractivity (Wildman–Crippen MR) is 73.9 cm³/mol. The average Bonchev–Trinajstić information content (AvgIpc) is 2.45. The van der Waals surface area contributed by atoms with Gasteiger partial charge in [-0.25, -0.2) is 4.79 Å². The second-order valence-corrected chi connectivity index (χ2v) is 4.70. The standard InChI is InChI=1S/C15H13F6NO2/c1-3-9-13(15(19,20)21,12(23)24-4-2)22-11-7-5-10(6-8-11)14(16,17)18/h1,5-8,22H,4,9H2,2H3. The van der Waals surface area contributed by atoms with Crippen molar-refractivity contribution in [1.82, 2.24) is 0 Å². The third kappa shape index (κ3) is 4.13. The smallest absolute Gasteiger partial charge is 0.423 e. The molecule has 0 spiro atoms. The van der Waals surface area contributed by atoms with Crippen LogP contribution in [-0.2, 0) is 15.7 Å². The molecule has 24 heavy (non-hydrogen) atoms. The number of esters is 1. The quantitative estimate of drug-likeness (QED) is 0.494. The Morgan fingerprint density at radius 3 is 2.08 bits per heavy atom. The number of halogens is 6. The molecule has 0 bridgehead atoms. The van der Waals surface area contributed by atoms with Gasteiger partial charge in [-0.3, -0.25) is 0 Å². The van der Waals surface area contributed by atoms with E-state index in [1.165, 1.54) is 6.92 Å². The Morgan fingerprint density at radius 2 is 1.71 bits per heavy atom. The van der Waals surface area contributed by atoms with E-state index in [0.717, 1.165) is 12.1 Å². The molecule has 0 radical (unpaired) electrons. The lowest BCUT2D eigenvalue weighted by Crippen LogP contribution is -2.58. The molecule has 0 heterocycles. The maximum atomic E-state index is 13.5. The van der Waals surface area contributed by atoms with Crippen LogP contribution >= 0.6 is 0 Å². The molecule has 1 aromatic rings. The van der Waals surface area contributed by atoms with Crippen LogP contribution < -0.4 is 5.32 Å². The summed E-state index contributed by atoms with van der Waals surface area (Å²) < 4.78 is 82.3. The number of hydrogen-bond acceptors (Lipinski definition) is 3. The summed E-state index contributed by atoms with van der Waals surface area (Å²) in [6.45, 7) is 0.989. The maximum absolute atomic E-state index is 13.5. The largest absolute Gasteiger partial charge is 0.464 e. The van der Waals surface area contributed by atoms with Crippen LogP contribution in [-0.4, -0.2) is 24.3 Å². The van der Waals surface area contributed by atoms with Gasteiger partial charge in [0.15, 0.2) is 0 Å². The third-order valence-corrected chi connectivity index (χ3v) is 3.04. The first-order valence-corrected chi connectivity index (χ1v) is 6.61. The number of nitrogens with one attached hydrogen (secondary N) is 1. The van der Waals surface area contributed by atoms with Crippen LogP contribution in [0.3, 0.4) is 0 Å². The summed E-state index contributed by atoms with van der Waals surface area (Å²) in [5.74, 6) is 0.0900. The minimum Gasteiger partial charge on any atom is -0.464 e. The third-order valence-electron chi connectivity index (χ3n) is 3.04. The Balaban J connectivity index is 3.26. The number of benzene rings is 1. The molecule has 1 N–H and O–H groups in total. The van der Waals surface area contributed by atoms with Crippen molar-refractivity contribution in [2.24, 2.45) is 0 Å². The van der Waals surface area contributed by atoms with E-state index >= 15 is 0 Å². The lowest BCUT2D eigenvalue weighted by atomic mass is 9.94. The predicted octanol–water partition coefficient (Wildman–Crippen LogP) is 4.00. The number of terminal acetylenes is 1. The topological polar surface area (TPSA) is 38.3 Å². The summed E-state index contributed by atoms with van der Waals surface area (Å²) in [7, 11) is 0. The van der Waals surface area contributed by atoms with Crippen molar-refractivity contribution in [1.29, 1.82) is 0 Å². The second kappa shape index (κ2) is 7.03. The highest BCUT2D eigenvalue weighted by molar-refractivity contribution is 5.86. The van der Waals surface area contributed by atoms with Gasteiger partial charge in [-0.15, -0.1) is 12.3 Å². The highest BCUT2D eigenvalue weighted by Crippen LogP contribution is 2.38. The van der Waals surface area contributed by atoms with Gasteiger partial charge in [-0.2, -0.15) is 26.3 Å². The molecule has 0 aliphatic heterocycles. The van der Waals surface area contributed by atoms with E-state index in [2.05, 4.69) is 4.74 Å². The Labute approximate surface area is 134 Å². The van der Waals surface area contributed by atoms with Crippen molar-refractivity contribution >= 4 is 11.7 Å². The molecule has 0 fully saturated rings. The monoisotopic (exact) mass is 353 g/mol. The van der Waals surface area contributed by atoms with Crippen molar-refractivity contribution in [2.45, 2.75) is 31.2 Å². The van der Waals surface area contributed by atoms with Crippen LogP contribution in [0.1, 0.15) is 18.9 Å². The SMILES string of the molecule is C#CCC(Nc1ccc(C(F)(F)F)cc1)(C(=O)OCC)C(F)(F)F. The number of alkyl halides is 6. The van der Waals surface area contributed by atoms with Crippen LogP contribution in [0.4, 0.5) is 32.0 Å². The highest BCUT2D eigenvalue weighted by atomic mass is 19.4. The van der Waals surface area contributed by atoms with Crippen LogP contribution in [0.25, 0.3) is 0 Å². The van der Waals surface area contributed by atoms with E-state index in [1.807, 2.05) is 5.32 Å². The second-order valence-electron chi connectivity index (χ2n) is 4.70. The lowest BCUT2D eigenvalue weighted by Gasteiger charge is -2.33. The van der Waals surface area contributed by atoms with Gasteiger partial charge in [0, 0.05) is 5.69 Å². The number of hydrogen-bond donors (Lipinski definition) is 1. The first kappa shape index (κ1) is 19.7. The summed E-state index contributed by atoms with van der Waals surface area (Å²) in [5, 5.41) is 1.89. The van der Waals surface area contributed by atoms with Gasteiger partial charge >= 0.3 is 18.3 Å². The summed E-state index contributed by atoms with van der Waals surface area (Å²) in [6.07, 6.45) is -5.92. The molecule has 1 unspecified atom stereocenters. The number of carbonyl (C=O) groups excluding carboxylic acids is 1. The molecule has 9 heteroatoms. The van der Waals surface area contributed by atoms with Gasteiger partial charge < -0.3 is 10.1 Å². The molecule has 0 aromatic heterocycles. The van der Waals surface area contributed by atoms with E-state index < -0.39 is 35.8 Å². The molecule has 0 saturated carbocycles. The minimum absolute atomic E-state index is 0.323. The van der Waals surface area contributed by atoms with Crippen LogP contribution in [0.5, 0.6) is 0 Å². The summed E-state index contributed by atoms with van der Waals surface area (Å²) >= 11 is 0. The number of rotatable bonds is 5. The fraction of sp³-hybridized carbons (Fsp3) is 0.400. The van der Waals surface area contributed by atoms with Crippen molar-refractivity contribution in [3.63, 3.8) is 0 Å². The number of anilines is 1. The van der Waals surface area contributed by atoms with Crippen LogP contribution in [0.15, 0.2) is 24.3 Å². The maximum Gasteiger partial charge on any atom is 0.423 e. The van der Waals surface area contributed by atoms with E-state index in [9.17, 15) is 31.1 Å². The molecule has 0 amide bonds. The molecule has 132 valence electrons. The van der Waals surface area contributed by atoms with Crippen molar-refractivity contribution in [3.8, 4) is 12.3 Å². The normalized spacial score (nSPS) is 14.4. The van der Waals surface area contributed by atoms with Crippen molar-refractivity contribution < 1.29 is 35.9 Å². The lowest BCUT2D eigenvalue weighted by molar-refractivity contribution is -0.199. The first-order valence-electron chi connectivity index (χ1n) is 6.61. The molecule has 0 saturated heterocycles. The molecular formula is C15H13F6NO2. The van der Waals surface area contributed by atoms with Gasteiger partial charge in [-0.1, -0.05) is 0 Å². The zero-order valence-corrected chi connectivity index (χ0v) is 12.4. The average molecular weight is 353 g/mol. The fourth-order valence-electron chi connectivity index (χ4n) is 1.85. The zero-order chi connectivity index (χ0) is 18.6. The molecule has 0 aliphatic carbocycles. The number of ether oxygens (including phenoxy) is 1. The van der Waals surface area contributed by atoms with E-state index in [4.69, 9.17) is 6.42 Å². The summed E-state index contributed by atoms with van der Waals surface area (Å²) in [5.41, 5.74) is -4.65. The zero-order valence-electron chi connectivity index (χ0n) is 12.4. The molecule has 1 atom stereocenters. The first-order chi connectivity index (χ1) is 11.0. The van der Waals surface area contributed by atoms with Crippen LogP contribution in [0, 0.1) is 12.3 Å². The molecule has 1 aromatic carbocycles. The van der Waals surface area contributed by atoms with E-state index in [0.29, 0.717) is 12.1 Å². The Kier molecular flexibility index (Phi) is 5.76. The van der Waals surface area contributed by atoms with E-state index in [-0.39, 0.29) is 12.3 Å². The molecule has 1 rings (SSSR count). The Bertz CT molecular complexity index is 615. The fourth-order valence-corrected chi connectivity index (χ4v) is 1.85. The van der Waals surface area contributed by atoms with Crippen molar-refractivity contribution in [3.05, 3.63) is 29.8 Å². The summed E-state index contributed by atoms with van der Waals surface area (Å²) in [6, 6.07) is 2.73. The Morgan fingerprint density at radius 1 is 1.17 bits per heavy atom. The van der Waals surface area contributed by atoms with Gasteiger partial charge in [0.2, 0.25) is 5.54 Å². The molecular weight excluding hydrogens is 340 g/mol. The molecule has 3 nitrogen and oxygen atoms in total. The van der Waals surface area contributed by atoms with Crippen molar-refractivity contribution in [2.75, 3.05) is 11.9 Å². The van der Waals surface area contributed by atoms with E-state index in [1.54, 1.807) is 5.92 Å². The highest BCUT2D eigenvalue weighted by Gasteiger charge is 2.61. The van der Waals surface area contributed by atoms with Gasteiger partial charge in [0.25, 0.3) is 0 Å². The number of carbonyl (C=O) groups is 1. The van der Waals surface area contributed by atoms with Gasteiger partial charge in [0.1, 0.15) is 0 Å². The Hall–Kier alpha value is -2.37. The minimum atomic E-state index is -5.13.